The predicted molar refractivity (Wildman–Crippen MR) is 95.3 cm³/mol. The molecule has 0 aliphatic heterocycles. The van der Waals surface area contributed by atoms with Gasteiger partial charge in [-0.3, -0.25) is 0 Å². The highest BCUT2D eigenvalue weighted by atomic mass is 127. The third-order valence-electron chi connectivity index (χ3n) is 4.35. The van der Waals surface area contributed by atoms with Crippen molar-refractivity contribution in [3.05, 3.63) is 56.7 Å². The van der Waals surface area contributed by atoms with Crippen molar-refractivity contribution >= 4 is 22.6 Å². The Morgan fingerprint density at radius 2 is 1.55 bits per heavy atom. The van der Waals surface area contributed by atoms with Crippen LogP contribution >= 0.6 is 22.6 Å². The van der Waals surface area contributed by atoms with Gasteiger partial charge in [0, 0.05) is 8.99 Å². The molecule has 0 fully saturated rings. The molecule has 104 valence electrons. The minimum absolute atomic E-state index is 0.124. The lowest BCUT2D eigenvalue weighted by molar-refractivity contribution is 0.637. The van der Waals surface area contributed by atoms with Crippen LogP contribution in [0.3, 0.4) is 0 Å². The van der Waals surface area contributed by atoms with E-state index < -0.39 is 0 Å². The van der Waals surface area contributed by atoms with Crippen molar-refractivity contribution in [2.24, 2.45) is 5.92 Å². The Labute approximate surface area is 135 Å². The molecule has 0 atom stereocenters. The van der Waals surface area contributed by atoms with Crippen LogP contribution in [0.25, 0.3) is 11.1 Å². The molecule has 0 heterocycles. The van der Waals surface area contributed by atoms with Crippen molar-refractivity contribution in [3.63, 3.8) is 0 Å². The zero-order valence-corrected chi connectivity index (χ0v) is 14.8. The van der Waals surface area contributed by atoms with Gasteiger partial charge in [-0.15, -0.1) is 0 Å². The Morgan fingerprint density at radius 3 is 2.20 bits per heavy atom. The van der Waals surface area contributed by atoms with Gasteiger partial charge in [-0.2, -0.15) is 0 Å². The van der Waals surface area contributed by atoms with E-state index in [1.165, 1.54) is 31.4 Å². The maximum Gasteiger partial charge on any atom is 0.0159 e. The van der Waals surface area contributed by atoms with Crippen LogP contribution in [0.2, 0.25) is 0 Å². The number of fused-ring (bicyclic) bond motifs is 3. The molecule has 0 amide bonds. The van der Waals surface area contributed by atoms with Crippen LogP contribution < -0.4 is 0 Å². The number of benzene rings is 2. The molecule has 0 saturated carbocycles. The summed E-state index contributed by atoms with van der Waals surface area (Å²) in [6.45, 7) is 9.28. The quantitative estimate of drug-likeness (QED) is 0.582. The Balaban J connectivity index is 2.16. The van der Waals surface area contributed by atoms with E-state index in [-0.39, 0.29) is 5.41 Å². The normalized spacial score (nSPS) is 15.3. The number of rotatable bonds is 2. The molecule has 1 heteroatoms. The van der Waals surface area contributed by atoms with Crippen molar-refractivity contribution in [2.45, 2.75) is 39.5 Å². The number of hydrogen-bond donors (Lipinski definition) is 0. The Kier molecular flexibility index (Phi) is 3.44. The van der Waals surface area contributed by atoms with Gasteiger partial charge in [-0.05, 0) is 74.9 Å². The minimum atomic E-state index is 0.124. The second-order valence-corrected chi connectivity index (χ2v) is 8.04. The molecule has 0 aromatic heterocycles. The fourth-order valence-electron chi connectivity index (χ4n) is 3.36. The summed E-state index contributed by atoms with van der Waals surface area (Å²) in [6.07, 6.45) is 1.16. The van der Waals surface area contributed by atoms with Crippen LogP contribution in [-0.4, -0.2) is 0 Å². The summed E-state index contributed by atoms with van der Waals surface area (Å²) in [5.41, 5.74) is 7.40. The lowest BCUT2D eigenvalue weighted by Gasteiger charge is -2.22. The highest BCUT2D eigenvalue weighted by molar-refractivity contribution is 14.1. The van der Waals surface area contributed by atoms with Crippen molar-refractivity contribution in [3.8, 4) is 11.1 Å². The highest BCUT2D eigenvalue weighted by Gasteiger charge is 2.35. The van der Waals surface area contributed by atoms with E-state index in [9.17, 15) is 0 Å². The fraction of sp³-hybridized carbons (Fsp3) is 0.368. The van der Waals surface area contributed by atoms with E-state index in [1.54, 1.807) is 0 Å². The molecule has 0 bridgehead atoms. The van der Waals surface area contributed by atoms with Crippen LogP contribution in [0.5, 0.6) is 0 Å². The first kappa shape index (κ1) is 14.1. The van der Waals surface area contributed by atoms with Gasteiger partial charge in [0.25, 0.3) is 0 Å². The average Bonchev–Trinajstić information content (AvgIpc) is 2.58. The lowest BCUT2D eigenvalue weighted by atomic mass is 9.81. The second kappa shape index (κ2) is 4.87. The number of halogens is 1. The van der Waals surface area contributed by atoms with Gasteiger partial charge in [0.05, 0.1) is 0 Å². The molecule has 0 nitrogen and oxygen atoms in total. The van der Waals surface area contributed by atoms with Crippen molar-refractivity contribution in [1.29, 1.82) is 0 Å². The van der Waals surface area contributed by atoms with E-state index in [2.05, 4.69) is 86.7 Å². The maximum absolute atomic E-state index is 2.43. The average molecular weight is 376 g/mol. The van der Waals surface area contributed by atoms with Crippen LogP contribution in [0.15, 0.2) is 36.4 Å². The predicted octanol–water partition coefficient (Wildman–Crippen LogP) is 5.80. The maximum atomic E-state index is 2.43. The molecule has 0 radical (unpaired) electrons. The minimum Gasteiger partial charge on any atom is -0.0625 e. The first-order valence-corrected chi connectivity index (χ1v) is 8.41. The summed E-state index contributed by atoms with van der Waals surface area (Å²) in [6, 6.07) is 13.9. The van der Waals surface area contributed by atoms with Crippen molar-refractivity contribution in [1.82, 2.24) is 0 Å². The molecule has 0 unspecified atom stereocenters. The molecule has 2 aromatic rings. The van der Waals surface area contributed by atoms with Gasteiger partial charge in [0.1, 0.15) is 0 Å². The smallest absolute Gasteiger partial charge is 0.0159 e. The zero-order valence-electron chi connectivity index (χ0n) is 12.6. The van der Waals surface area contributed by atoms with Crippen LogP contribution in [0, 0.1) is 9.49 Å². The SMILES string of the molecule is CC(C)Cc1ccc2c(c1)C(C)(C)c1cc(I)ccc1-2. The van der Waals surface area contributed by atoms with E-state index in [0.717, 1.165) is 6.42 Å². The van der Waals surface area contributed by atoms with Gasteiger partial charge in [-0.1, -0.05) is 52.0 Å². The molecule has 0 saturated heterocycles. The summed E-state index contributed by atoms with van der Waals surface area (Å²) < 4.78 is 1.32. The van der Waals surface area contributed by atoms with Crippen molar-refractivity contribution in [2.75, 3.05) is 0 Å². The highest BCUT2D eigenvalue weighted by Crippen LogP contribution is 2.49. The van der Waals surface area contributed by atoms with E-state index in [0.29, 0.717) is 5.92 Å². The summed E-state index contributed by atoms with van der Waals surface area (Å²) in [7, 11) is 0. The Morgan fingerprint density at radius 1 is 0.950 bits per heavy atom. The van der Waals surface area contributed by atoms with Gasteiger partial charge in [-0.25, -0.2) is 0 Å². The Bertz CT molecular complexity index is 665. The zero-order chi connectivity index (χ0) is 14.5. The van der Waals surface area contributed by atoms with Gasteiger partial charge < -0.3 is 0 Å². The summed E-state index contributed by atoms with van der Waals surface area (Å²) in [5.74, 6) is 0.709. The third kappa shape index (κ3) is 2.20. The molecule has 1 aliphatic carbocycles. The number of hydrogen-bond acceptors (Lipinski definition) is 0. The standard InChI is InChI=1S/C19H21I/c1-12(2)9-13-5-7-15-16-8-6-14(20)11-18(16)19(3,4)17(15)10-13/h5-8,10-12H,9H2,1-4H3. The first-order valence-electron chi connectivity index (χ1n) is 7.33. The van der Waals surface area contributed by atoms with Gasteiger partial charge >= 0.3 is 0 Å². The van der Waals surface area contributed by atoms with Crippen molar-refractivity contribution < 1.29 is 0 Å². The topological polar surface area (TPSA) is 0 Å². The first-order chi connectivity index (χ1) is 9.39. The summed E-state index contributed by atoms with van der Waals surface area (Å²) >= 11 is 2.41. The second-order valence-electron chi connectivity index (χ2n) is 6.79. The molecule has 2 aromatic carbocycles. The largest absolute Gasteiger partial charge is 0.0625 e. The molecule has 1 aliphatic rings. The molecule has 20 heavy (non-hydrogen) atoms. The Hall–Kier alpha value is -0.830. The molecule has 3 rings (SSSR count). The summed E-state index contributed by atoms with van der Waals surface area (Å²) in [4.78, 5) is 0. The van der Waals surface area contributed by atoms with Gasteiger partial charge in [0.2, 0.25) is 0 Å². The van der Waals surface area contributed by atoms with Crippen LogP contribution in [0.4, 0.5) is 0 Å². The molecule has 0 N–H and O–H groups in total. The fourth-order valence-corrected chi connectivity index (χ4v) is 3.85. The lowest BCUT2D eigenvalue weighted by Crippen LogP contribution is -2.15. The molecular weight excluding hydrogens is 355 g/mol. The van der Waals surface area contributed by atoms with Crippen LogP contribution in [-0.2, 0) is 11.8 Å². The van der Waals surface area contributed by atoms with E-state index in [1.807, 2.05) is 0 Å². The van der Waals surface area contributed by atoms with E-state index in [4.69, 9.17) is 0 Å². The summed E-state index contributed by atoms with van der Waals surface area (Å²) in [5, 5.41) is 0. The van der Waals surface area contributed by atoms with E-state index >= 15 is 0 Å². The van der Waals surface area contributed by atoms with Crippen LogP contribution in [0.1, 0.15) is 44.4 Å². The molecule has 0 spiro atoms. The van der Waals surface area contributed by atoms with Gasteiger partial charge in [0.15, 0.2) is 0 Å². The third-order valence-corrected chi connectivity index (χ3v) is 5.02. The molecular formula is C19H21I. The monoisotopic (exact) mass is 376 g/mol.